The van der Waals surface area contributed by atoms with E-state index in [-0.39, 0.29) is 12.0 Å². The summed E-state index contributed by atoms with van der Waals surface area (Å²) in [7, 11) is 0. The summed E-state index contributed by atoms with van der Waals surface area (Å²) in [5, 5.41) is 2.92. The summed E-state index contributed by atoms with van der Waals surface area (Å²) in [5.41, 5.74) is 1.18. The van der Waals surface area contributed by atoms with E-state index in [9.17, 15) is 9.59 Å². The molecule has 2 saturated heterocycles. The van der Waals surface area contributed by atoms with Crippen molar-refractivity contribution in [2.45, 2.75) is 32.2 Å². The maximum atomic E-state index is 12.5. The Kier molecular flexibility index (Phi) is 5.35. The maximum Gasteiger partial charge on any atom is 0.338 e. The number of benzene rings is 1. The van der Waals surface area contributed by atoms with E-state index < -0.39 is 0 Å². The predicted octanol–water partition coefficient (Wildman–Crippen LogP) is 2.57. The number of esters is 1. The van der Waals surface area contributed by atoms with Crippen molar-refractivity contribution in [2.24, 2.45) is 0 Å². The average Bonchev–Trinajstić information content (AvgIpc) is 2.62. The van der Waals surface area contributed by atoms with Crippen molar-refractivity contribution in [2.75, 3.05) is 38.1 Å². The third-order valence-corrected chi connectivity index (χ3v) is 4.77. The van der Waals surface area contributed by atoms with E-state index in [4.69, 9.17) is 4.74 Å². The van der Waals surface area contributed by atoms with Gasteiger partial charge < -0.3 is 15.0 Å². The average molecular weight is 331 g/mol. The Balaban J connectivity index is 1.55. The highest BCUT2D eigenvalue weighted by Crippen LogP contribution is 2.21. The monoisotopic (exact) mass is 331 g/mol. The number of hydrogen-bond donors (Lipinski definition) is 1. The Labute approximate surface area is 142 Å². The van der Waals surface area contributed by atoms with Crippen LogP contribution < -0.4 is 5.32 Å². The molecule has 1 aromatic rings. The van der Waals surface area contributed by atoms with Gasteiger partial charge in [0.05, 0.1) is 12.2 Å². The molecule has 1 N–H and O–H groups in total. The van der Waals surface area contributed by atoms with E-state index in [1.807, 2.05) is 4.90 Å². The summed E-state index contributed by atoms with van der Waals surface area (Å²) in [4.78, 5) is 28.5. The zero-order valence-electron chi connectivity index (χ0n) is 14.2. The number of anilines is 1. The number of nitrogens with one attached hydrogen (secondary N) is 1. The first-order chi connectivity index (χ1) is 11.7. The Bertz CT molecular complexity index is 588. The molecule has 0 aliphatic carbocycles. The minimum Gasteiger partial charge on any atom is -0.462 e. The lowest BCUT2D eigenvalue weighted by Crippen LogP contribution is -2.56. The second-order valence-corrected chi connectivity index (χ2v) is 6.36. The number of hydrogen-bond acceptors (Lipinski definition) is 4. The van der Waals surface area contributed by atoms with Crippen molar-refractivity contribution in [3.63, 3.8) is 0 Å². The number of carbonyl (C=O) groups is 2. The third kappa shape index (κ3) is 3.87. The van der Waals surface area contributed by atoms with Crippen LogP contribution in [0.2, 0.25) is 0 Å². The quantitative estimate of drug-likeness (QED) is 0.865. The Morgan fingerprint density at radius 1 is 1.17 bits per heavy atom. The van der Waals surface area contributed by atoms with Crippen LogP contribution >= 0.6 is 0 Å². The van der Waals surface area contributed by atoms with Crippen molar-refractivity contribution in [1.82, 2.24) is 9.80 Å². The highest BCUT2D eigenvalue weighted by Gasteiger charge is 2.30. The molecule has 0 aromatic heterocycles. The maximum absolute atomic E-state index is 12.5. The molecule has 2 fully saturated rings. The van der Waals surface area contributed by atoms with Gasteiger partial charge >= 0.3 is 12.0 Å². The first-order valence-electron chi connectivity index (χ1n) is 8.74. The SMILES string of the molecule is CCOC(=O)c1ccc(NC(=O)N2CCN3CCCCC3C2)cc1. The third-order valence-electron chi connectivity index (χ3n) is 4.77. The molecule has 3 rings (SSSR count). The lowest BCUT2D eigenvalue weighted by atomic mass is 10.00. The fraction of sp³-hybridized carbons (Fsp3) is 0.556. The minimum absolute atomic E-state index is 0.0656. The van der Waals surface area contributed by atoms with Crippen LogP contribution in [-0.4, -0.2) is 60.6 Å². The van der Waals surface area contributed by atoms with Crippen molar-refractivity contribution >= 4 is 17.7 Å². The van der Waals surface area contributed by atoms with E-state index >= 15 is 0 Å². The first kappa shape index (κ1) is 16.8. The van der Waals surface area contributed by atoms with Crippen molar-refractivity contribution in [3.05, 3.63) is 29.8 Å². The van der Waals surface area contributed by atoms with Crippen molar-refractivity contribution in [1.29, 1.82) is 0 Å². The number of ether oxygens (including phenoxy) is 1. The topological polar surface area (TPSA) is 61.9 Å². The lowest BCUT2D eigenvalue weighted by Gasteiger charge is -2.43. The second kappa shape index (κ2) is 7.66. The molecular weight excluding hydrogens is 306 g/mol. The molecule has 0 spiro atoms. The predicted molar refractivity (Wildman–Crippen MR) is 92.2 cm³/mol. The van der Waals surface area contributed by atoms with Crippen LogP contribution in [-0.2, 0) is 4.74 Å². The number of urea groups is 1. The van der Waals surface area contributed by atoms with Gasteiger partial charge in [-0.3, -0.25) is 4.90 Å². The Morgan fingerprint density at radius 3 is 2.71 bits per heavy atom. The molecule has 6 nitrogen and oxygen atoms in total. The molecule has 130 valence electrons. The normalized spacial score (nSPS) is 21.0. The van der Waals surface area contributed by atoms with Gasteiger partial charge in [-0.25, -0.2) is 9.59 Å². The summed E-state index contributed by atoms with van der Waals surface area (Å²) in [6.07, 6.45) is 3.71. The molecule has 2 amide bonds. The lowest BCUT2D eigenvalue weighted by molar-refractivity contribution is 0.0526. The highest BCUT2D eigenvalue weighted by atomic mass is 16.5. The van der Waals surface area contributed by atoms with E-state index in [2.05, 4.69) is 10.2 Å². The van der Waals surface area contributed by atoms with Gasteiger partial charge in [-0.15, -0.1) is 0 Å². The largest absolute Gasteiger partial charge is 0.462 e. The summed E-state index contributed by atoms with van der Waals surface area (Å²) < 4.78 is 4.96. The van der Waals surface area contributed by atoms with Crippen LogP contribution in [0.25, 0.3) is 0 Å². The molecule has 0 bridgehead atoms. The molecular formula is C18H25N3O3. The fourth-order valence-corrected chi connectivity index (χ4v) is 3.45. The van der Waals surface area contributed by atoms with E-state index in [1.165, 1.54) is 19.3 Å². The van der Waals surface area contributed by atoms with Gasteiger partial charge in [0, 0.05) is 31.4 Å². The Morgan fingerprint density at radius 2 is 1.96 bits per heavy atom. The first-order valence-corrected chi connectivity index (χ1v) is 8.74. The van der Waals surface area contributed by atoms with Gasteiger partial charge in [0.2, 0.25) is 0 Å². The number of rotatable bonds is 3. The van der Waals surface area contributed by atoms with Crippen molar-refractivity contribution < 1.29 is 14.3 Å². The zero-order chi connectivity index (χ0) is 16.9. The van der Waals surface area contributed by atoms with Gasteiger partial charge in [-0.2, -0.15) is 0 Å². The van der Waals surface area contributed by atoms with Gasteiger partial charge in [0.15, 0.2) is 0 Å². The van der Waals surface area contributed by atoms with Crippen LogP contribution in [0.5, 0.6) is 0 Å². The van der Waals surface area contributed by atoms with Crippen molar-refractivity contribution in [3.8, 4) is 0 Å². The summed E-state index contributed by atoms with van der Waals surface area (Å²) in [6, 6.07) is 7.26. The van der Waals surface area contributed by atoms with Crippen LogP contribution in [0.3, 0.4) is 0 Å². The molecule has 0 radical (unpaired) electrons. The smallest absolute Gasteiger partial charge is 0.338 e. The summed E-state index contributed by atoms with van der Waals surface area (Å²) in [5.74, 6) is -0.344. The number of fused-ring (bicyclic) bond motifs is 1. The molecule has 2 aliphatic rings. The molecule has 2 aliphatic heterocycles. The molecule has 2 heterocycles. The van der Waals surface area contributed by atoms with Gasteiger partial charge in [-0.1, -0.05) is 6.42 Å². The number of nitrogens with zero attached hydrogens (tertiary/aromatic N) is 2. The molecule has 24 heavy (non-hydrogen) atoms. The van der Waals surface area contributed by atoms with Crippen LogP contribution in [0.1, 0.15) is 36.5 Å². The Hall–Kier alpha value is -2.08. The standard InChI is InChI=1S/C18H25N3O3/c1-2-24-17(22)14-6-8-15(9-7-14)19-18(23)21-12-11-20-10-4-3-5-16(20)13-21/h6-9,16H,2-5,10-13H2,1H3,(H,19,23). The van der Waals surface area contributed by atoms with E-state index in [0.29, 0.717) is 23.9 Å². The molecule has 0 saturated carbocycles. The molecule has 1 aromatic carbocycles. The summed E-state index contributed by atoms with van der Waals surface area (Å²) >= 11 is 0. The number of amides is 2. The second-order valence-electron chi connectivity index (χ2n) is 6.36. The minimum atomic E-state index is -0.344. The zero-order valence-corrected chi connectivity index (χ0v) is 14.2. The number of piperidine rings is 1. The number of piperazine rings is 1. The number of carbonyl (C=O) groups excluding carboxylic acids is 2. The van der Waals surface area contributed by atoms with E-state index in [0.717, 1.165) is 26.2 Å². The van der Waals surface area contributed by atoms with Gasteiger partial charge in [-0.05, 0) is 50.6 Å². The van der Waals surface area contributed by atoms with E-state index in [1.54, 1.807) is 31.2 Å². The van der Waals surface area contributed by atoms with Crippen LogP contribution in [0.4, 0.5) is 10.5 Å². The molecule has 1 unspecified atom stereocenters. The summed E-state index contributed by atoms with van der Waals surface area (Å²) in [6.45, 7) is 5.81. The van der Waals surface area contributed by atoms with Gasteiger partial charge in [0.1, 0.15) is 0 Å². The molecule has 6 heteroatoms. The molecule has 1 atom stereocenters. The van der Waals surface area contributed by atoms with Crippen LogP contribution in [0.15, 0.2) is 24.3 Å². The fourth-order valence-electron chi connectivity index (χ4n) is 3.45. The highest BCUT2D eigenvalue weighted by molar-refractivity contribution is 5.92. The van der Waals surface area contributed by atoms with Gasteiger partial charge in [0.25, 0.3) is 0 Å². The van der Waals surface area contributed by atoms with Crippen LogP contribution in [0, 0.1) is 0 Å².